The van der Waals surface area contributed by atoms with Crippen LogP contribution in [-0.4, -0.2) is 18.9 Å². The molecule has 104 valence electrons. The van der Waals surface area contributed by atoms with E-state index in [4.69, 9.17) is 9.29 Å². The molecule has 2 aromatic carbocycles. The molecule has 0 saturated carbocycles. The number of carbonyl (C=O) groups is 1. The van der Waals surface area contributed by atoms with Gasteiger partial charge >= 0.3 is 5.97 Å². The van der Waals surface area contributed by atoms with Gasteiger partial charge in [0.05, 0.1) is 5.56 Å². The van der Waals surface area contributed by atoms with Gasteiger partial charge < -0.3 is 4.74 Å². The lowest BCUT2D eigenvalue weighted by Crippen LogP contribution is -2.12. The van der Waals surface area contributed by atoms with Crippen LogP contribution in [0.25, 0.3) is 0 Å². The summed E-state index contributed by atoms with van der Waals surface area (Å²) in [5.41, 5.74) is 1.04. The SMILES string of the molecule is Cc1ccccc1C(=O)Oc1ccccc1S(=O)(=O)O. The minimum atomic E-state index is -4.45. The third kappa shape index (κ3) is 3.04. The van der Waals surface area contributed by atoms with Crippen LogP contribution in [0.4, 0.5) is 0 Å². The first-order chi connectivity index (χ1) is 9.39. The number of para-hydroxylation sites is 1. The van der Waals surface area contributed by atoms with Crippen molar-refractivity contribution in [2.24, 2.45) is 0 Å². The number of ether oxygens (including phenoxy) is 1. The normalized spacial score (nSPS) is 11.1. The summed E-state index contributed by atoms with van der Waals surface area (Å²) < 4.78 is 36.6. The number of benzene rings is 2. The maximum Gasteiger partial charge on any atom is 0.343 e. The number of rotatable bonds is 3. The van der Waals surface area contributed by atoms with Crippen molar-refractivity contribution in [1.82, 2.24) is 0 Å². The fraction of sp³-hybridized carbons (Fsp3) is 0.0714. The van der Waals surface area contributed by atoms with Crippen LogP contribution < -0.4 is 4.74 Å². The molecule has 0 aromatic heterocycles. The van der Waals surface area contributed by atoms with Gasteiger partial charge in [0.1, 0.15) is 4.90 Å². The van der Waals surface area contributed by atoms with Gasteiger partial charge in [-0.2, -0.15) is 8.42 Å². The highest BCUT2D eigenvalue weighted by Gasteiger charge is 2.19. The standard InChI is InChI=1S/C14H12O5S/c1-10-6-2-3-7-11(10)14(15)19-12-8-4-5-9-13(12)20(16,17)18/h2-9H,1H3,(H,16,17,18). The summed E-state index contributed by atoms with van der Waals surface area (Å²) in [6.45, 7) is 1.74. The molecule has 0 aliphatic carbocycles. The second-order valence-corrected chi connectivity index (χ2v) is 5.52. The van der Waals surface area contributed by atoms with Gasteiger partial charge in [0.2, 0.25) is 0 Å². The Balaban J connectivity index is 2.37. The Bertz CT molecular complexity index is 750. The predicted octanol–water partition coefficient (Wildman–Crippen LogP) is 2.46. The van der Waals surface area contributed by atoms with Crippen LogP contribution in [0.3, 0.4) is 0 Å². The lowest BCUT2D eigenvalue weighted by atomic mass is 10.1. The van der Waals surface area contributed by atoms with Gasteiger partial charge in [-0.3, -0.25) is 4.55 Å². The van der Waals surface area contributed by atoms with Gasteiger partial charge in [0.15, 0.2) is 5.75 Å². The van der Waals surface area contributed by atoms with Gasteiger partial charge in [-0.1, -0.05) is 30.3 Å². The maximum atomic E-state index is 12.0. The van der Waals surface area contributed by atoms with Gasteiger partial charge in [-0.25, -0.2) is 4.79 Å². The molecule has 2 rings (SSSR count). The van der Waals surface area contributed by atoms with E-state index in [1.807, 2.05) is 0 Å². The minimum Gasteiger partial charge on any atom is -0.421 e. The van der Waals surface area contributed by atoms with Crippen molar-refractivity contribution in [2.45, 2.75) is 11.8 Å². The molecule has 0 saturated heterocycles. The lowest BCUT2D eigenvalue weighted by Gasteiger charge is -2.09. The molecule has 0 unspecified atom stereocenters. The molecule has 6 heteroatoms. The van der Waals surface area contributed by atoms with Crippen LogP contribution >= 0.6 is 0 Å². The summed E-state index contributed by atoms with van der Waals surface area (Å²) in [5, 5.41) is 0. The number of hydrogen-bond donors (Lipinski definition) is 1. The van der Waals surface area contributed by atoms with Crippen molar-refractivity contribution in [3.8, 4) is 5.75 Å². The van der Waals surface area contributed by atoms with E-state index in [9.17, 15) is 13.2 Å². The monoisotopic (exact) mass is 292 g/mol. The Labute approximate surface area is 116 Å². The second kappa shape index (κ2) is 5.44. The molecule has 0 radical (unpaired) electrons. The van der Waals surface area contributed by atoms with Gasteiger partial charge in [-0.15, -0.1) is 0 Å². The van der Waals surface area contributed by atoms with Crippen LogP contribution in [-0.2, 0) is 10.1 Å². The largest absolute Gasteiger partial charge is 0.421 e. The average Bonchev–Trinajstić information content (AvgIpc) is 2.38. The van der Waals surface area contributed by atoms with Crippen LogP contribution in [0, 0.1) is 6.92 Å². The van der Waals surface area contributed by atoms with Crippen molar-refractivity contribution in [1.29, 1.82) is 0 Å². The van der Waals surface area contributed by atoms with Crippen LogP contribution in [0.2, 0.25) is 0 Å². The summed E-state index contributed by atoms with van der Waals surface area (Å²) in [5.74, 6) is -0.887. The third-order valence-corrected chi connectivity index (χ3v) is 3.59. The first-order valence-corrected chi connectivity index (χ1v) is 7.18. The van der Waals surface area contributed by atoms with E-state index in [2.05, 4.69) is 0 Å². The Kier molecular flexibility index (Phi) is 3.87. The highest BCUT2D eigenvalue weighted by atomic mass is 32.2. The topological polar surface area (TPSA) is 80.7 Å². The quantitative estimate of drug-likeness (QED) is 0.534. The zero-order valence-corrected chi connectivity index (χ0v) is 11.4. The molecule has 0 atom stereocenters. The highest BCUT2D eigenvalue weighted by Crippen LogP contribution is 2.24. The molecule has 20 heavy (non-hydrogen) atoms. The van der Waals surface area contributed by atoms with Crippen molar-refractivity contribution in [3.63, 3.8) is 0 Å². The number of carbonyl (C=O) groups excluding carboxylic acids is 1. The average molecular weight is 292 g/mol. The molecule has 0 amide bonds. The highest BCUT2D eigenvalue weighted by molar-refractivity contribution is 7.86. The molecule has 0 fully saturated rings. The molecular formula is C14H12O5S. The second-order valence-electron chi connectivity index (χ2n) is 4.13. The molecule has 0 heterocycles. The number of hydrogen-bond acceptors (Lipinski definition) is 4. The van der Waals surface area contributed by atoms with Crippen LogP contribution in [0.1, 0.15) is 15.9 Å². The minimum absolute atomic E-state index is 0.205. The maximum absolute atomic E-state index is 12.0. The Morgan fingerprint density at radius 1 is 1.05 bits per heavy atom. The summed E-state index contributed by atoms with van der Waals surface area (Å²) in [6.07, 6.45) is 0. The van der Waals surface area contributed by atoms with Crippen molar-refractivity contribution < 1.29 is 22.5 Å². The zero-order valence-electron chi connectivity index (χ0n) is 10.6. The summed E-state index contributed by atoms with van der Waals surface area (Å²) in [6, 6.07) is 12.2. The zero-order chi connectivity index (χ0) is 14.8. The van der Waals surface area contributed by atoms with E-state index < -0.39 is 21.0 Å². The number of esters is 1. The first-order valence-electron chi connectivity index (χ1n) is 5.74. The van der Waals surface area contributed by atoms with Crippen LogP contribution in [0.5, 0.6) is 5.75 Å². The van der Waals surface area contributed by atoms with Gasteiger partial charge in [-0.05, 0) is 30.7 Å². The van der Waals surface area contributed by atoms with E-state index in [1.165, 1.54) is 18.2 Å². The summed E-state index contributed by atoms with van der Waals surface area (Å²) in [7, 11) is -4.45. The molecule has 0 aliphatic heterocycles. The fourth-order valence-electron chi connectivity index (χ4n) is 1.70. The van der Waals surface area contributed by atoms with Gasteiger partial charge in [0.25, 0.3) is 10.1 Å². The molecular weight excluding hydrogens is 280 g/mol. The van der Waals surface area contributed by atoms with E-state index >= 15 is 0 Å². The Morgan fingerprint density at radius 3 is 2.30 bits per heavy atom. The molecule has 1 N–H and O–H groups in total. The van der Waals surface area contributed by atoms with Gasteiger partial charge in [0, 0.05) is 0 Å². The Morgan fingerprint density at radius 2 is 1.65 bits per heavy atom. The molecule has 5 nitrogen and oxygen atoms in total. The van der Waals surface area contributed by atoms with E-state index in [1.54, 1.807) is 31.2 Å². The van der Waals surface area contributed by atoms with E-state index in [0.717, 1.165) is 6.07 Å². The predicted molar refractivity (Wildman–Crippen MR) is 72.4 cm³/mol. The first kappa shape index (κ1) is 14.2. The smallest absolute Gasteiger partial charge is 0.343 e. The molecule has 0 aliphatic rings. The molecule has 0 bridgehead atoms. The van der Waals surface area contributed by atoms with Crippen molar-refractivity contribution >= 4 is 16.1 Å². The lowest BCUT2D eigenvalue weighted by molar-refractivity contribution is 0.0729. The summed E-state index contributed by atoms with van der Waals surface area (Å²) >= 11 is 0. The van der Waals surface area contributed by atoms with Crippen molar-refractivity contribution in [2.75, 3.05) is 0 Å². The van der Waals surface area contributed by atoms with Crippen LogP contribution in [0.15, 0.2) is 53.4 Å². The molecule has 0 spiro atoms. The third-order valence-electron chi connectivity index (χ3n) is 2.69. The fourth-order valence-corrected chi connectivity index (χ4v) is 2.32. The van der Waals surface area contributed by atoms with Crippen molar-refractivity contribution in [3.05, 3.63) is 59.7 Å². The molecule has 2 aromatic rings. The summed E-state index contributed by atoms with van der Waals surface area (Å²) in [4.78, 5) is 11.6. The van der Waals surface area contributed by atoms with E-state index in [0.29, 0.717) is 11.1 Å². The number of aryl methyl sites for hydroxylation is 1. The van der Waals surface area contributed by atoms with E-state index in [-0.39, 0.29) is 5.75 Å². The Hall–Kier alpha value is -2.18.